The fourth-order valence-corrected chi connectivity index (χ4v) is 1.27. The summed E-state index contributed by atoms with van der Waals surface area (Å²) in [7, 11) is 0. The van der Waals surface area contributed by atoms with Gasteiger partial charge in [-0.05, 0) is 0 Å². The topological polar surface area (TPSA) is 124 Å². The molecule has 0 aliphatic carbocycles. The molecule has 1 rings (SSSR count). The van der Waals surface area contributed by atoms with Crippen LogP contribution in [0.5, 0.6) is 0 Å². The highest BCUT2D eigenvalue weighted by Gasteiger charge is 2.20. The van der Waals surface area contributed by atoms with E-state index in [1.54, 1.807) is 0 Å². The number of aliphatic carboxylic acids is 1. The van der Waals surface area contributed by atoms with E-state index >= 15 is 0 Å². The molecule has 0 bridgehead atoms. The number of nitrogens with zero attached hydrogens (tertiary/aromatic N) is 1. The Morgan fingerprint density at radius 1 is 1.50 bits per heavy atom. The maximum Gasteiger partial charge on any atom is 0.326 e. The minimum Gasteiger partial charge on any atom is -0.480 e. The molecule has 8 heteroatoms. The zero-order valence-corrected chi connectivity index (χ0v) is 9.77. The van der Waals surface area contributed by atoms with Crippen molar-refractivity contribution in [3.8, 4) is 0 Å². The number of carbonyl (C=O) groups is 3. The van der Waals surface area contributed by atoms with Gasteiger partial charge in [-0.25, -0.2) is 9.78 Å². The molecule has 0 unspecified atom stereocenters. The Kier molecular flexibility index (Phi) is 4.85. The Hall–Kier alpha value is -2.38. The molecule has 0 aromatic carbocycles. The van der Waals surface area contributed by atoms with E-state index in [2.05, 4.69) is 20.6 Å². The van der Waals surface area contributed by atoms with Crippen molar-refractivity contribution in [1.82, 2.24) is 20.6 Å². The largest absolute Gasteiger partial charge is 0.480 e. The first-order valence-corrected chi connectivity index (χ1v) is 5.23. The third kappa shape index (κ3) is 4.64. The van der Waals surface area contributed by atoms with Crippen molar-refractivity contribution in [2.75, 3.05) is 6.54 Å². The number of hydrogen-bond donors (Lipinski definition) is 4. The first-order chi connectivity index (χ1) is 8.49. The lowest BCUT2D eigenvalue weighted by Gasteiger charge is -2.13. The number of amides is 2. The summed E-state index contributed by atoms with van der Waals surface area (Å²) >= 11 is 0. The molecule has 1 heterocycles. The SMILES string of the molecule is CC(=O)NCC(=O)N[C@@H](Cc1cnc[nH]1)C(=O)O. The van der Waals surface area contributed by atoms with Gasteiger partial charge in [-0.1, -0.05) is 0 Å². The summed E-state index contributed by atoms with van der Waals surface area (Å²) in [4.78, 5) is 39.4. The standard InChI is InChI=1S/C10H14N4O4/c1-6(15)12-4-9(16)14-8(10(17)18)2-7-3-11-5-13-7/h3,5,8H,2,4H2,1H3,(H,11,13)(H,12,15)(H,14,16)(H,17,18)/t8-/m0/s1. The first-order valence-electron chi connectivity index (χ1n) is 5.23. The van der Waals surface area contributed by atoms with Crippen molar-refractivity contribution >= 4 is 17.8 Å². The Labute approximate surface area is 103 Å². The van der Waals surface area contributed by atoms with Gasteiger partial charge in [0.05, 0.1) is 12.9 Å². The van der Waals surface area contributed by atoms with Crippen LogP contribution in [0.2, 0.25) is 0 Å². The van der Waals surface area contributed by atoms with Gasteiger partial charge in [0.15, 0.2) is 0 Å². The normalized spacial score (nSPS) is 11.6. The van der Waals surface area contributed by atoms with Crippen LogP contribution in [0.1, 0.15) is 12.6 Å². The number of carboxylic acids is 1. The van der Waals surface area contributed by atoms with Gasteiger partial charge in [-0.15, -0.1) is 0 Å². The predicted octanol–water partition coefficient (Wildman–Crippen LogP) is -1.34. The summed E-state index contributed by atoms with van der Waals surface area (Å²) in [5.74, 6) is -2.07. The van der Waals surface area contributed by atoms with E-state index < -0.39 is 17.9 Å². The maximum atomic E-state index is 11.4. The van der Waals surface area contributed by atoms with Crippen molar-refractivity contribution in [3.05, 3.63) is 18.2 Å². The minimum absolute atomic E-state index is 0.0984. The fraction of sp³-hybridized carbons (Fsp3) is 0.400. The second-order valence-electron chi connectivity index (χ2n) is 3.65. The Morgan fingerprint density at radius 2 is 2.22 bits per heavy atom. The number of aromatic nitrogens is 2. The number of H-pyrrole nitrogens is 1. The van der Waals surface area contributed by atoms with Gasteiger partial charge in [0, 0.05) is 25.2 Å². The molecule has 0 saturated carbocycles. The minimum atomic E-state index is -1.15. The van der Waals surface area contributed by atoms with E-state index in [-0.39, 0.29) is 18.9 Å². The molecule has 1 atom stereocenters. The second-order valence-corrected chi connectivity index (χ2v) is 3.65. The third-order valence-corrected chi connectivity index (χ3v) is 2.11. The van der Waals surface area contributed by atoms with Crippen LogP contribution in [0.25, 0.3) is 0 Å². The van der Waals surface area contributed by atoms with Gasteiger partial charge < -0.3 is 20.7 Å². The first kappa shape index (κ1) is 13.7. The van der Waals surface area contributed by atoms with Crippen LogP contribution in [-0.2, 0) is 20.8 Å². The summed E-state index contributed by atoms with van der Waals surface area (Å²) in [6, 6.07) is -1.06. The van der Waals surface area contributed by atoms with E-state index in [0.717, 1.165) is 0 Å². The molecular formula is C10H14N4O4. The smallest absolute Gasteiger partial charge is 0.326 e. The second kappa shape index (κ2) is 6.38. The van der Waals surface area contributed by atoms with Crippen molar-refractivity contribution in [1.29, 1.82) is 0 Å². The monoisotopic (exact) mass is 254 g/mol. The molecule has 8 nitrogen and oxygen atoms in total. The highest BCUT2D eigenvalue weighted by molar-refractivity contribution is 5.87. The highest BCUT2D eigenvalue weighted by Crippen LogP contribution is 1.98. The molecule has 0 saturated heterocycles. The third-order valence-electron chi connectivity index (χ3n) is 2.11. The molecule has 1 aromatic rings. The van der Waals surface area contributed by atoms with Crippen LogP contribution < -0.4 is 10.6 Å². The summed E-state index contributed by atoms with van der Waals surface area (Å²) in [5.41, 5.74) is 0.599. The maximum absolute atomic E-state index is 11.4. The molecule has 2 amide bonds. The zero-order valence-electron chi connectivity index (χ0n) is 9.77. The van der Waals surface area contributed by atoms with Crippen molar-refractivity contribution < 1.29 is 19.5 Å². The van der Waals surface area contributed by atoms with E-state index in [0.29, 0.717) is 5.69 Å². The van der Waals surface area contributed by atoms with Gasteiger partial charge in [-0.3, -0.25) is 9.59 Å². The average Bonchev–Trinajstić information content (AvgIpc) is 2.78. The van der Waals surface area contributed by atoms with Gasteiger partial charge in [0.2, 0.25) is 11.8 Å². The molecule has 18 heavy (non-hydrogen) atoms. The molecular weight excluding hydrogens is 240 g/mol. The lowest BCUT2D eigenvalue weighted by atomic mass is 10.1. The number of nitrogens with one attached hydrogen (secondary N) is 3. The van der Waals surface area contributed by atoms with E-state index in [9.17, 15) is 14.4 Å². The number of aromatic amines is 1. The van der Waals surface area contributed by atoms with Gasteiger partial charge in [0.1, 0.15) is 6.04 Å². The van der Waals surface area contributed by atoms with Crippen molar-refractivity contribution in [2.24, 2.45) is 0 Å². The van der Waals surface area contributed by atoms with Crippen molar-refractivity contribution in [3.63, 3.8) is 0 Å². The van der Waals surface area contributed by atoms with E-state index in [1.165, 1.54) is 19.4 Å². The Bertz CT molecular complexity index is 429. The van der Waals surface area contributed by atoms with Gasteiger partial charge in [0.25, 0.3) is 0 Å². The van der Waals surface area contributed by atoms with Crippen LogP contribution in [0.4, 0.5) is 0 Å². The number of carbonyl (C=O) groups excluding carboxylic acids is 2. The molecule has 0 aliphatic rings. The molecule has 0 aliphatic heterocycles. The van der Waals surface area contributed by atoms with Crippen LogP contribution in [0.3, 0.4) is 0 Å². The zero-order chi connectivity index (χ0) is 13.5. The molecule has 0 spiro atoms. The van der Waals surface area contributed by atoms with Crippen LogP contribution in [0, 0.1) is 0 Å². The quantitative estimate of drug-likeness (QED) is 0.500. The van der Waals surface area contributed by atoms with E-state index in [4.69, 9.17) is 5.11 Å². The predicted molar refractivity (Wildman–Crippen MR) is 60.5 cm³/mol. The molecule has 0 radical (unpaired) electrons. The number of imidazole rings is 1. The lowest BCUT2D eigenvalue weighted by Crippen LogP contribution is -2.46. The lowest BCUT2D eigenvalue weighted by molar-refractivity contribution is -0.141. The van der Waals surface area contributed by atoms with Gasteiger partial charge >= 0.3 is 5.97 Å². The Morgan fingerprint density at radius 3 is 2.72 bits per heavy atom. The van der Waals surface area contributed by atoms with Crippen LogP contribution in [0.15, 0.2) is 12.5 Å². The molecule has 0 fully saturated rings. The molecule has 1 aromatic heterocycles. The highest BCUT2D eigenvalue weighted by atomic mass is 16.4. The summed E-state index contributed by atoms with van der Waals surface area (Å²) in [6.45, 7) is 1.02. The van der Waals surface area contributed by atoms with E-state index in [1.807, 2.05) is 0 Å². The fourth-order valence-electron chi connectivity index (χ4n) is 1.27. The van der Waals surface area contributed by atoms with Crippen molar-refractivity contribution in [2.45, 2.75) is 19.4 Å². The number of rotatable bonds is 6. The number of carboxylic acid groups (broad SMARTS) is 1. The number of hydrogen-bond acceptors (Lipinski definition) is 4. The van der Waals surface area contributed by atoms with Gasteiger partial charge in [-0.2, -0.15) is 0 Å². The Balaban J connectivity index is 2.50. The van der Waals surface area contributed by atoms with Crippen LogP contribution in [-0.4, -0.2) is 45.4 Å². The summed E-state index contributed by atoms with van der Waals surface area (Å²) in [5, 5.41) is 13.6. The summed E-state index contributed by atoms with van der Waals surface area (Å²) < 4.78 is 0. The summed E-state index contributed by atoms with van der Waals surface area (Å²) in [6.07, 6.45) is 3.00. The molecule has 4 N–H and O–H groups in total. The van der Waals surface area contributed by atoms with Crippen LogP contribution >= 0.6 is 0 Å². The average molecular weight is 254 g/mol. The molecule has 98 valence electrons.